The minimum absolute atomic E-state index is 0.0476. The molecule has 0 aromatic carbocycles. The molecular weight excluding hydrogens is 306 g/mol. The molecule has 2 heterocycles. The van der Waals surface area contributed by atoms with Crippen LogP contribution < -0.4 is 10.7 Å². The summed E-state index contributed by atoms with van der Waals surface area (Å²) in [5.74, 6) is 0.570. The average Bonchev–Trinajstić information content (AvgIpc) is 2.59. The van der Waals surface area contributed by atoms with Crippen molar-refractivity contribution in [3.63, 3.8) is 0 Å². The van der Waals surface area contributed by atoms with Crippen molar-refractivity contribution in [1.82, 2.24) is 20.7 Å². The zero-order valence-electron chi connectivity index (χ0n) is 14.0. The van der Waals surface area contributed by atoms with E-state index in [2.05, 4.69) is 25.8 Å². The average molecular weight is 329 g/mol. The van der Waals surface area contributed by atoms with Gasteiger partial charge in [0.1, 0.15) is 5.82 Å². The Morgan fingerprint density at radius 1 is 1.17 bits per heavy atom. The Balaban J connectivity index is 1.49. The first kappa shape index (κ1) is 16.5. The van der Waals surface area contributed by atoms with Gasteiger partial charge in [-0.25, -0.2) is 15.4 Å². The zero-order valence-corrected chi connectivity index (χ0v) is 14.0. The molecule has 2 N–H and O–H groups in total. The highest BCUT2D eigenvalue weighted by molar-refractivity contribution is 5.94. The second-order valence-corrected chi connectivity index (χ2v) is 6.35. The number of hydrogen-bond donors (Lipinski definition) is 2. The van der Waals surface area contributed by atoms with E-state index in [1.54, 1.807) is 0 Å². The molecule has 0 saturated carbocycles. The smallest absolute Gasteiger partial charge is 0.240 e. The van der Waals surface area contributed by atoms with Gasteiger partial charge in [0.2, 0.25) is 11.8 Å². The lowest BCUT2D eigenvalue weighted by molar-refractivity contribution is -0.121. The number of aromatic nitrogens is 2. The van der Waals surface area contributed by atoms with Crippen molar-refractivity contribution >= 4 is 17.5 Å². The van der Waals surface area contributed by atoms with Gasteiger partial charge < -0.3 is 5.32 Å². The van der Waals surface area contributed by atoms with E-state index in [1.807, 2.05) is 6.92 Å². The third-order valence-corrected chi connectivity index (χ3v) is 4.50. The first-order valence-corrected chi connectivity index (χ1v) is 8.58. The number of hydrogen-bond acceptors (Lipinski definition) is 5. The van der Waals surface area contributed by atoms with Crippen molar-refractivity contribution in [2.75, 3.05) is 0 Å². The molecule has 1 aromatic rings. The van der Waals surface area contributed by atoms with E-state index < -0.39 is 0 Å². The van der Waals surface area contributed by atoms with Gasteiger partial charge in [-0.15, -0.1) is 0 Å². The Kier molecular flexibility index (Phi) is 5.17. The largest absolute Gasteiger partial charge is 0.349 e. The first-order chi connectivity index (χ1) is 11.6. The van der Waals surface area contributed by atoms with E-state index >= 15 is 0 Å². The summed E-state index contributed by atoms with van der Waals surface area (Å²) in [6.45, 7) is 2.38. The van der Waals surface area contributed by atoms with Crippen LogP contribution in [0.15, 0.2) is 5.10 Å². The summed E-state index contributed by atoms with van der Waals surface area (Å²) in [6.07, 6.45) is 6.45. The van der Waals surface area contributed by atoms with E-state index in [0.717, 1.165) is 29.9 Å². The van der Waals surface area contributed by atoms with Crippen LogP contribution >= 0.6 is 0 Å². The van der Waals surface area contributed by atoms with Crippen LogP contribution in [-0.4, -0.2) is 27.5 Å². The predicted octanol–water partition coefficient (Wildman–Crippen LogP) is 1.33. The Morgan fingerprint density at radius 3 is 2.79 bits per heavy atom. The topological polar surface area (TPSA) is 96.3 Å². The van der Waals surface area contributed by atoms with Crippen LogP contribution in [0.5, 0.6) is 0 Å². The van der Waals surface area contributed by atoms with E-state index in [0.29, 0.717) is 38.1 Å². The van der Waals surface area contributed by atoms with Gasteiger partial charge in [-0.1, -0.05) is 0 Å². The van der Waals surface area contributed by atoms with Crippen LogP contribution in [0, 0.1) is 6.92 Å². The summed E-state index contributed by atoms with van der Waals surface area (Å²) in [4.78, 5) is 32.1. The van der Waals surface area contributed by atoms with Gasteiger partial charge in [-0.3, -0.25) is 9.59 Å². The molecule has 0 atom stereocenters. The molecule has 1 aliphatic carbocycles. The molecule has 7 nitrogen and oxygen atoms in total. The minimum Gasteiger partial charge on any atom is -0.349 e. The number of amides is 2. The number of carbonyl (C=O) groups is 2. The second-order valence-electron chi connectivity index (χ2n) is 6.35. The van der Waals surface area contributed by atoms with Gasteiger partial charge in [0.25, 0.3) is 0 Å². The summed E-state index contributed by atoms with van der Waals surface area (Å²) in [5.41, 5.74) is 6.78. The van der Waals surface area contributed by atoms with Gasteiger partial charge in [0.15, 0.2) is 0 Å². The third-order valence-electron chi connectivity index (χ3n) is 4.50. The van der Waals surface area contributed by atoms with Crippen LogP contribution in [-0.2, 0) is 29.0 Å². The molecule has 0 saturated heterocycles. The van der Waals surface area contributed by atoms with Gasteiger partial charge in [-0.2, -0.15) is 5.10 Å². The molecule has 0 radical (unpaired) electrons. The van der Waals surface area contributed by atoms with Crippen molar-refractivity contribution in [2.45, 2.75) is 64.8 Å². The van der Waals surface area contributed by atoms with E-state index in [1.165, 1.54) is 18.4 Å². The lowest BCUT2D eigenvalue weighted by Gasteiger charge is -2.17. The number of fused-ring (bicyclic) bond motifs is 1. The van der Waals surface area contributed by atoms with Crippen LogP contribution in [0.25, 0.3) is 0 Å². The highest BCUT2D eigenvalue weighted by atomic mass is 16.2. The number of hydrazone groups is 1. The highest BCUT2D eigenvalue weighted by Gasteiger charge is 2.16. The fraction of sp³-hybridized carbons (Fsp3) is 0.588. The molecule has 3 rings (SSSR count). The van der Waals surface area contributed by atoms with E-state index in [-0.39, 0.29) is 11.8 Å². The molecule has 1 aromatic heterocycles. The Labute approximate surface area is 141 Å². The molecular formula is C17H23N5O2. The Hall–Kier alpha value is -2.31. The van der Waals surface area contributed by atoms with Crippen LogP contribution in [0.4, 0.5) is 0 Å². The zero-order chi connectivity index (χ0) is 16.9. The SMILES string of the molecule is Cc1nc(CNC(=O)CCC2=NNC(=O)CC2)nc2c1CCCC2. The highest BCUT2D eigenvalue weighted by Crippen LogP contribution is 2.21. The molecule has 0 unspecified atom stereocenters. The Morgan fingerprint density at radius 2 is 2.00 bits per heavy atom. The summed E-state index contributed by atoms with van der Waals surface area (Å²) in [7, 11) is 0. The summed E-state index contributed by atoms with van der Waals surface area (Å²) < 4.78 is 0. The maximum absolute atomic E-state index is 12.0. The normalized spacial score (nSPS) is 16.9. The third kappa shape index (κ3) is 4.15. The van der Waals surface area contributed by atoms with Crippen LogP contribution in [0.2, 0.25) is 0 Å². The molecule has 2 aliphatic rings. The Bertz CT molecular complexity index is 684. The van der Waals surface area contributed by atoms with Gasteiger partial charge >= 0.3 is 0 Å². The van der Waals surface area contributed by atoms with Crippen molar-refractivity contribution < 1.29 is 9.59 Å². The maximum Gasteiger partial charge on any atom is 0.240 e. The predicted molar refractivity (Wildman–Crippen MR) is 89.3 cm³/mol. The summed E-state index contributed by atoms with van der Waals surface area (Å²) in [5, 5.41) is 6.85. The van der Waals surface area contributed by atoms with E-state index in [4.69, 9.17) is 0 Å². The molecule has 2 amide bonds. The van der Waals surface area contributed by atoms with Crippen LogP contribution in [0.3, 0.4) is 0 Å². The van der Waals surface area contributed by atoms with Crippen molar-refractivity contribution in [1.29, 1.82) is 0 Å². The van der Waals surface area contributed by atoms with Gasteiger partial charge in [-0.05, 0) is 51.0 Å². The molecule has 128 valence electrons. The first-order valence-electron chi connectivity index (χ1n) is 8.58. The van der Waals surface area contributed by atoms with Crippen molar-refractivity contribution in [3.05, 3.63) is 22.8 Å². The maximum atomic E-state index is 12.0. The number of rotatable bonds is 5. The van der Waals surface area contributed by atoms with Gasteiger partial charge in [0, 0.05) is 29.9 Å². The molecule has 24 heavy (non-hydrogen) atoms. The molecule has 1 aliphatic heterocycles. The lowest BCUT2D eigenvalue weighted by Crippen LogP contribution is -2.28. The lowest BCUT2D eigenvalue weighted by atomic mass is 9.95. The quantitative estimate of drug-likeness (QED) is 0.851. The standard InChI is InChI=1S/C17H23N5O2/c1-11-13-4-2-3-5-14(13)20-15(19-11)10-18-16(23)8-6-12-7-9-17(24)22-21-12/h2-10H2,1H3,(H,18,23)(H,22,24). The number of nitrogens with zero attached hydrogens (tertiary/aromatic N) is 3. The number of nitrogens with one attached hydrogen (secondary N) is 2. The van der Waals surface area contributed by atoms with Crippen molar-refractivity contribution in [3.8, 4) is 0 Å². The summed E-state index contributed by atoms with van der Waals surface area (Å²) in [6, 6.07) is 0. The summed E-state index contributed by atoms with van der Waals surface area (Å²) >= 11 is 0. The van der Waals surface area contributed by atoms with Crippen LogP contribution in [0.1, 0.15) is 61.3 Å². The minimum atomic E-state index is -0.0665. The molecule has 7 heteroatoms. The number of aryl methyl sites for hydroxylation is 2. The second kappa shape index (κ2) is 7.51. The van der Waals surface area contributed by atoms with Crippen molar-refractivity contribution in [2.24, 2.45) is 5.10 Å². The monoisotopic (exact) mass is 329 g/mol. The molecule has 0 spiro atoms. The number of carbonyl (C=O) groups excluding carboxylic acids is 2. The van der Waals surface area contributed by atoms with E-state index in [9.17, 15) is 9.59 Å². The molecule has 0 fully saturated rings. The fourth-order valence-electron chi connectivity index (χ4n) is 3.14. The fourth-order valence-corrected chi connectivity index (χ4v) is 3.14. The van der Waals surface area contributed by atoms with Gasteiger partial charge in [0.05, 0.1) is 6.54 Å². The molecule has 0 bridgehead atoms.